The standard InChI is InChI=1S/C18H38N4.2ClH.Mn/c1-3-7-19-9-5-11-22-16-14-20(8-4-2)10-6-12-21(15-13-19)17-18-22;;;/h3-18H2,1-2H3;2*1H;/q;;;+2/p-2. The van der Waals surface area contributed by atoms with Gasteiger partial charge in [0.15, 0.2) is 0 Å². The Hall–Kier alpha value is 0.939. The van der Waals surface area contributed by atoms with Gasteiger partial charge in [-0.25, -0.2) is 0 Å². The Morgan fingerprint density at radius 1 is 0.520 bits per heavy atom. The van der Waals surface area contributed by atoms with Gasteiger partial charge in [-0.2, -0.15) is 0 Å². The fourth-order valence-electron chi connectivity index (χ4n) is 3.86. The first-order chi connectivity index (χ1) is 10.8. The number of hydrogen-bond donors (Lipinski definition) is 0. The SMILES string of the molecule is CCCN1CCCN2CCN(CCC)CCCN(CC1)CC2.[Cl-].[Cl-].[Mn+2]. The van der Waals surface area contributed by atoms with Gasteiger partial charge in [0.1, 0.15) is 0 Å². The third-order valence-electron chi connectivity index (χ3n) is 5.17. The van der Waals surface area contributed by atoms with Gasteiger partial charge in [-0.3, -0.25) is 0 Å². The summed E-state index contributed by atoms with van der Waals surface area (Å²) in [5, 5.41) is 0. The van der Waals surface area contributed by atoms with Crippen LogP contribution in [0.4, 0.5) is 0 Å². The van der Waals surface area contributed by atoms with Crippen LogP contribution in [0.2, 0.25) is 0 Å². The topological polar surface area (TPSA) is 13.0 Å². The van der Waals surface area contributed by atoms with E-state index in [4.69, 9.17) is 0 Å². The van der Waals surface area contributed by atoms with Gasteiger partial charge in [-0.05, 0) is 65.0 Å². The molecule has 0 saturated carbocycles. The smallest absolute Gasteiger partial charge is 1.00 e. The van der Waals surface area contributed by atoms with Crippen LogP contribution in [0.3, 0.4) is 0 Å². The first kappa shape index (κ1) is 28.2. The van der Waals surface area contributed by atoms with Crippen molar-refractivity contribution in [3.05, 3.63) is 0 Å². The zero-order valence-corrected chi connectivity index (χ0v) is 18.9. The third kappa shape index (κ3) is 11.4. The molecule has 0 aromatic rings. The molecule has 0 spiro atoms. The Labute approximate surface area is 179 Å². The molecule has 2 atom stereocenters. The van der Waals surface area contributed by atoms with Crippen LogP contribution in [0.5, 0.6) is 0 Å². The minimum absolute atomic E-state index is 0. The zero-order valence-electron chi connectivity index (χ0n) is 16.2. The molecule has 2 saturated heterocycles. The predicted octanol–water partition coefficient (Wildman–Crippen LogP) is -4.17. The van der Waals surface area contributed by atoms with E-state index < -0.39 is 0 Å². The number of fused-ring (bicyclic) bond motifs is 3. The molecule has 25 heavy (non-hydrogen) atoms. The molecular formula is C18H38Cl2MnN4. The molecule has 2 rings (SSSR count). The van der Waals surface area contributed by atoms with Crippen molar-refractivity contribution in [1.29, 1.82) is 0 Å². The number of hydrogen-bond acceptors (Lipinski definition) is 4. The molecule has 1 radical (unpaired) electrons. The average molecular weight is 436 g/mol. The largest absolute Gasteiger partial charge is 2.00 e. The van der Waals surface area contributed by atoms with Gasteiger partial charge < -0.3 is 44.4 Å². The monoisotopic (exact) mass is 435 g/mol. The Morgan fingerprint density at radius 3 is 1.24 bits per heavy atom. The van der Waals surface area contributed by atoms with Crippen LogP contribution in [-0.2, 0) is 17.1 Å². The van der Waals surface area contributed by atoms with Crippen molar-refractivity contribution in [2.75, 3.05) is 78.5 Å². The molecule has 0 aliphatic carbocycles. The second kappa shape index (κ2) is 17.1. The molecule has 2 aliphatic rings. The van der Waals surface area contributed by atoms with Crippen molar-refractivity contribution in [3.63, 3.8) is 0 Å². The molecule has 2 unspecified atom stereocenters. The van der Waals surface area contributed by atoms with E-state index in [1.165, 1.54) is 104 Å². The molecule has 0 aromatic heterocycles. The van der Waals surface area contributed by atoms with E-state index in [9.17, 15) is 0 Å². The van der Waals surface area contributed by atoms with Crippen LogP contribution in [0.1, 0.15) is 39.5 Å². The summed E-state index contributed by atoms with van der Waals surface area (Å²) in [6.07, 6.45) is 5.26. The van der Waals surface area contributed by atoms with E-state index in [0.29, 0.717) is 0 Å². The Bertz CT molecular complexity index is 272. The molecule has 2 heterocycles. The second-order valence-electron chi connectivity index (χ2n) is 7.07. The molecule has 7 heteroatoms. The van der Waals surface area contributed by atoms with Crippen LogP contribution in [0.25, 0.3) is 0 Å². The van der Waals surface area contributed by atoms with Gasteiger partial charge >= 0.3 is 17.1 Å². The van der Waals surface area contributed by atoms with Crippen LogP contribution in [0.15, 0.2) is 0 Å². The zero-order chi connectivity index (χ0) is 15.6. The van der Waals surface area contributed by atoms with Crippen LogP contribution >= 0.6 is 0 Å². The fraction of sp³-hybridized carbons (Fsp3) is 1.00. The molecule has 0 N–H and O–H groups in total. The molecule has 0 amide bonds. The van der Waals surface area contributed by atoms with Gasteiger partial charge in [0.2, 0.25) is 0 Å². The number of nitrogens with zero attached hydrogens (tertiary/aromatic N) is 4. The average Bonchev–Trinajstić information content (AvgIpc) is 2.53. The Morgan fingerprint density at radius 2 is 0.880 bits per heavy atom. The summed E-state index contributed by atoms with van der Waals surface area (Å²) in [4.78, 5) is 10.8. The van der Waals surface area contributed by atoms with Gasteiger partial charge in [-0.1, -0.05) is 13.8 Å². The maximum atomic E-state index is 2.72. The summed E-state index contributed by atoms with van der Waals surface area (Å²) >= 11 is 0. The minimum Gasteiger partial charge on any atom is -1.00 e. The van der Waals surface area contributed by atoms with Crippen molar-refractivity contribution in [3.8, 4) is 0 Å². The van der Waals surface area contributed by atoms with E-state index >= 15 is 0 Å². The van der Waals surface area contributed by atoms with E-state index in [1.807, 2.05) is 0 Å². The number of rotatable bonds is 4. The van der Waals surface area contributed by atoms with Gasteiger partial charge in [-0.15, -0.1) is 0 Å². The van der Waals surface area contributed by atoms with Crippen molar-refractivity contribution in [2.24, 2.45) is 0 Å². The van der Waals surface area contributed by atoms with Crippen LogP contribution in [-0.4, -0.2) is 98.1 Å². The molecule has 2 aliphatic heterocycles. The molecule has 4 nitrogen and oxygen atoms in total. The summed E-state index contributed by atoms with van der Waals surface area (Å²) in [6, 6.07) is 0. The van der Waals surface area contributed by atoms with Crippen molar-refractivity contribution in [1.82, 2.24) is 19.6 Å². The fourth-order valence-corrected chi connectivity index (χ4v) is 3.86. The third-order valence-corrected chi connectivity index (χ3v) is 5.17. The summed E-state index contributed by atoms with van der Waals surface area (Å²) < 4.78 is 0. The molecule has 151 valence electrons. The van der Waals surface area contributed by atoms with Crippen LogP contribution in [0, 0.1) is 0 Å². The van der Waals surface area contributed by atoms with Gasteiger partial charge in [0, 0.05) is 39.3 Å². The first-order valence-electron chi connectivity index (χ1n) is 9.71. The van der Waals surface area contributed by atoms with E-state index in [0.717, 1.165) is 0 Å². The molecule has 2 bridgehead atoms. The molecule has 0 aromatic carbocycles. The Kier molecular flexibility index (Phi) is 19.2. The maximum Gasteiger partial charge on any atom is 2.00 e. The van der Waals surface area contributed by atoms with Crippen molar-refractivity contribution < 1.29 is 41.9 Å². The van der Waals surface area contributed by atoms with E-state index in [2.05, 4.69) is 33.4 Å². The normalized spacial score (nSPS) is 26.6. The van der Waals surface area contributed by atoms with Crippen molar-refractivity contribution in [2.45, 2.75) is 39.5 Å². The summed E-state index contributed by atoms with van der Waals surface area (Å²) in [6.45, 7) is 19.9. The summed E-state index contributed by atoms with van der Waals surface area (Å²) in [5.41, 5.74) is 0. The van der Waals surface area contributed by atoms with E-state index in [1.54, 1.807) is 0 Å². The Balaban J connectivity index is 0. The quantitative estimate of drug-likeness (QED) is 0.415. The summed E-state index contributed by atoms with van der Waals surface area (Å²) in [7, 11) is 0. The summed E-state index contributed by atoms with van der Waals surface area (Å²) in [5.74, 6) is 0. The molecule has 2 fully saturated rings. The van der Waals surface area contributed by atoms with E-state index in [-0.39, 0.29) is 41.9 Å². The van der Waals surface area contributed by atoms with Crippen LogP contribution < -0.4 is 24.8 Å². The van der Waals surface area contributed by atoms with Gasteiger partial charge in [0.25, 0.3) is 0 Å². The minimum atomic E-state index is 0. The molecular weight excluding hydrogens is 398 g/mol. The maximum absolute atomic E-state index is 2.72. The predicted molar refractivity (Wildman–Crippen MR) is 95.6 cm³/mol. The first-order valence-corrected chi connectivity index (χ1v) is 9.71. The second-order valence-corrected chi connectivity index (χ2v) is 7.07. The number of halogens is 2. The van der Waals surface area contributed by atoms with Crippen molar-refractivity contribution >= 4 is 0 Å². The van der Waals surface area contributed by atoms with Gasteiger partial charge in [0.05, 0.1) is 0 Å².